The number of rotatable bonds is 4. The topological polar surface area (TPSA) is 15.3 Å². The van der Waals surface area contributed by atoms with Gasteiger partial charge in [0.05, 0.1) is 11.4 Å². The molecule has 0 aromatic heterocycles. The number of hydrazine groups is 1. The molecule has 0 fully saturated rings. The summed E-state index contributed by atoms with van der Waals surface area (Å²) in [6.07, 6.45) is 0. The van der Waals surface area contributed by atoms with Gasteiger partial charge in [-0.2, -0.15) is 0 Å². The van der Waals surface area contributed by atoms with Gasteiger partial charge in [0.1, 0.15) is 0 Å². The molecular weight excluding hydrogens is 208 g/mol. The first-order valence-corrected chi connectivity index (χ1v) is 5.94. The molecule has 17 heavy (non-hydrogen) atoms. The summed E-state index contributed by atoms with van der Waals surface area (Å²) in [5.41, 5.74) is 5.74. The van der Waals surface area contributed by atoms with Crippen LogP contribution in [-0.2, 0) is 0 Å². The van der Waals surface area contributed by atoms with Crippen LogP contribution < -0.4 is 10.4 Å². The Hall–Kier alpha value is -1.80. The summed E-state index contributed by atoms with van der Waals surface area (Å²) in [4.78, 5) is 0. The van der Waals surface area contributed by atoms with E-state index in [2.05, 4.69) is 48.5 Å². The SMILES string of the molecule is CC(C)NN(c1ccccc1)c1ccccc1. The van der Waals surface area contributed by atoms with Crippen molar-refractivity contribution in [1.82, 2.24) is 5.43 Å². The molecule has 2 nitrogen and oxygen atoms in total. The fourth-order valence-corrected chi connectivity index (χ4v) is 1.71. The number of benzene rings is 2. The molecule has 2 aromatic rings. The molecule has 0 spiro atoms. The van der Waals surface area contributed by atoms with E-state index >= 15 is 0 Å². The lowest BCUT2D eigenvalue weighted by Crippen LogP contribution is -2.38. The van der Waals surface area contributed by atoms with Gasteiger partial charge in [0, 0.05) is 6.04 Å². The molecule has 0 aliphatic heterocycles. The van der Waals surface area contributed by atoms with Crippen LogP contribution in [0.2, 0.25) is 0 Å². The molecule has 1 N–H and O–H groups in total. The number of hydrogen-bond donors (Lipinski definition) is 1. The smallest absolute Gasteiger partial charge is 0.0577 e. The van der Waals surface area contributed by atoms with Crippen molar-refractivity contribution in [3.05, 3.63) is 60.7 Å². The predicted octanol–water partition coefficient (Wildman–Crippen LogP) is 3.74. The Morgan fingerprint density at radius 2 is 1.18 bits per heavy atom. The van der Waals surface area contributed by atoms with E-state index in [-0.39, 0.29) is 0 Å². The highest BCUT2D eigenvalue weighted by Crippen LogP contribution is 2.22. The minimum atomic E-state index is 0.385. The Bertz CT molecular complexity index is 397. The third kappa shape index (κ3) is 3.08. The van der Waals surface area contributed by atoms with Crippen molar-refractivity contribution in [1.29, 1.82) is 0 Å². The van der Waals surface area contributed by atoms with Crippen LogP contribution in [0.5, 0.6) is 0 Å². The summed E-state index contributed by atoms with van der Waals surface area (Å²) in [5, 5.41) is 2.12. The number of hydrogen-bond acceptors (Lipinski definition) is 2. The molecular formula is C15H18N2. The highest BCUT2D eigenvalue weighted by atomic mass is 15.5. The summed E-state index contributed by atoms with van der Waals surface area (Å²) in [6, 6.07) is 21.0. The van der Waals surface area contributed by atoms with Crippen LogP contribution in [0.15, 0.2) is 60.7 Å². The molecule has 2 aromatic carbocycles. The van der Waals surface area contributed by atoms with Gasteiger partial charge in [0.2, 0.25) is 0 Å². The van der Waals surface area contributed by atoms with E-state index in [1.807, 2.05) is 36.4 Å². The largest absolute Gasteiger partial charge is 0.277 e. The monoisotopic (exact) mass is 226 g/mol. The standard InChI is InChI=1S/C15H18N2/c1-13(2)16-17(14-9-5-3-6-10-14)15-11-7-4-8-12-15/h3-13,16H,1-2H3. The quantitative estimate of drug-likeness (QED) is 0.799. The van der Waals surface area contributed by atoms with Gasteiger partial charge in [-0.15, -0.1) is 0 Å². The lowest BCUT2D eigenvalue weighted by atomic mass is 10.2. The van der Waals surface area contributed by atoms with Crippen molar-refractivity contribution in [2.45, 2.75) is 19.9 Å². The Morgan fingerprint density at radius 3 is 1.53 bits per heavy atom. The van der Waals surface area contributed by atoms with Crippen LogP contribution in [-0.4, -0.2) is 6.04 Å². The molecule has 2 heteroatoms. The highest BCUT2D eigenvalue weighted by Gasteiger charge is 2.08. The van der Waals surface area contributed by atoms with E-state index in [9.17, 15) is 0 Å². The molecule has 0 aliphatic rings. The number of nitrogens with one attached hydrogen (secondary N) is 1. The van der Waals surface area contributed by atoms with Gasteiger partial charge in [0.25, 0.3) is 0 Å². The van der Waals surface area contributed by atoms with E-state index in [4.69, 9.17) is 0 Å². The van der Waals surface area contributed by atoms with Gasteiger partial charge >= 0.3 is 0 Å². The minimum absolute atomic E-state index is 0.385. The fraction of sp³-hybridized carbons (Fsp3) is 0.200. The second-order valence-electron chi connectivity index (χ2n) is 4.29. The van der Waals surface area contributed by atoms with E-state index in [1.165, 1.54) is 0 Å². The van der Waals surface area contributed by atoms with Gasteiger partial charge < -0.3 is 0 Å². The van der Waals surface area contributed by atoms with E-state index < -0.39 is 0 Å². The maximum Gasteiger partial charge on any atom is 0.0577 e. The summed E-state index contributed by atoms with van der Waals surface area (Å²) in [6.45, 7) is 4.28. The van der Waals surface area contributed by atoms with Gasteiger partial charge in [-0.05, 0) is 38.1 Å². The second-order valence-corrected chi connectivity index (χ2v) is 4.29. The van der Waals surface area contributed by atoms with Crippen LogP contribution in [0.25, 0.3) is 0 Å². The van der Waals surface area contributed by atoms with Gasteiger partial charge in [-0.3, -0.25) is 5.01 Å². The molecule has 2 rings (SSSR count). The molecule has 0 atom stereocenters. The summed E-state index contributed by atoms with van der Waals surface area (Å²) < 4.78 is 0. The zero-order valence-corrected chi connectivity index (χ0v) is 10.3. The molecule has 0 saturated carbocycles. The van der Waals surface area contributed by atoms with Crippen molar-refractivity contribution in [2.75, 3.05) is 5.01 Å². The number of anilines is 2. The zero-order chi connectivity index (χ0) is 12.1. The molecule has 0 saturated heterocycles. The third-order valence-electron chi connectivity index (χ3n) is 2.42. The third-order valence-corrected chi connectivity index (χ3v) is 2.42. The van der Waals surface area contributed by atoms with E-state index in [1.54, 1.807) is 0 Å². The Balaban J connectivity index is 2.32. The van der Waals surface area contributed by atoms with Crippen LogP contribution in [0, 0.1) is 0 Å². The van der Waals surface area contributed by atoms with Crippen molar-refractivity contribution in [3.8, 4) is 0 Å². The molecule has 0 bridgehead atoms. The van der Waals surface area contributed by atoms with Crippen molar-refractivity contribution >= 4 is 11.4 Å². The minimum Gasteiger partial charge on any atom is -0.277 e. The van der Waals surface area contributed by atoms with E-state index in [0.717, 1.165) is 11.4 Å². The Morgan fingerprint density at radius 1 is 0.765 bits per heavy atom. The average Bonchev–Trinajstić information content (AvgIpc) is 2.38. The van der Waals surface area contributed by atoms with Crippen LogP contribution >= 0.6 is 0 Å². The van der Waals surface area contributed by atoms with Gasteiger partial charge in [-0.25, -0.2) is 5.43 Å². The summed E-state index contributed by atoms with van der Waals surface area (Å²) in [7, 11) is 0. The predicted molar refractivity (Wildman–Crippen MR) is 73.3 cm³/mol. The summed E-state index contributed by atoms with van der Waals surface area (Å²) >= 11 is 0. The van der Waals surface area contributed by atoms with Gasteiger partial charge in [0.15, 0.2) is 0 Å². The molecule has 88 valence electrons. The lowest BCUT2D eigenvalue weighted by Gasteiger charge is -2.27. The van der Waals surface area contributed by atoms with Crippen LogP contribution in [0.1, 0.15) is 13.8 Å². The van der Waals surface area contributed by atoms with E-state index in [0.29, 0.717) is 6.04 Å². The zero-order valence-electron chi connectivity index (χ0n) is 10.3. The molecule has 0 amide bonds. The molecule has 0 heterocycles. The highest BCUT2D eigenvalue weighted by molar-refractivity contribution is 5.61. The van der Waals surface area contributed by atoms with Crippen molar-refractivity contribution in [3.63, 3.8) is 0 Å². The second kappa shape index (κ2) is 5.51. The first-order chi connectivity index (χ1) is 8.27. The Labute approximate surface area is 103 Å². The van der Waals surface area contributed by atoms with Crippen LogP contribution in [0.3, 0.4) is 0 Å². The van der Waals surface area contributed by atoms with Crippen molar-refractivity contribution < 1.29 is 0 Å². The average molecular weight is 226 g/mol. The first-order valence-electron chi connectivity index (χ1n) is 5.94. The van der Waals surface area contributed by atoms with Crippen LogP contribution in [0.4, 0.5) is 11.4 Å². The molecule has 0 unspecified atom stereocenters. The Kier molecular flexibility index (Phi) is 3.78. The first kappa shape index (κ1) is 11.7. The maximum absolute atomic E-state index is 3.45. The molecule has 0 aliphatic carbocycles. The maximum atomic E-state index is 3.45. The lowest BCUT2D eigenvalue weighted by molar-refractivity contribution is 0.600. The van der Waals surface area contributed by atoms with Crippen molar-refractivity contribution in [2.24, 2.45) is 0 Å². The molecule has 0 radical (unpaired) electrons. The normalized spacial score (nSPS) is 10.5. The van der Waals surface area contributed by atoms with Gasteiger partial charge in [-0.1, -0.05) is 36.4 Å². The number of nitrogens with zero attached hydrogens (tertiary/aromatic N) is 1. The number of para-hydroxylation sites is 2. The fourth-order valence-electron chi connectivity index (χ4n) is 1.71. The summed E-state index contributed by atoms with van der Waals surface area (Å²) in [5.74, 6) is 0.